The molecule has 5 heteroatoms. The van der Waals surface area contributed by atoms with E-state index < -0.39 is 5.60 Å². The first kappa shape index (κ1) is 15.7. The van der Waals surface area contributed by atoms with E-state index in [1.165, 1.54) is 0 Å². The average molecular weight is 291 g/mol. The van der Waals surface area contributed by atoms with E-state index >= 15 is 0 Å². The van der Waals surface area contributed by atoms with E-state index in [-0.39, 0.29) is 6.09 Å². The predicted octanol–water partition coefficient (Wildman–Crippen LogP) is 2.76. The summed E-state index contributed by atoms with van der Waals surface area (Å²) < 4.78 is 5.44. The van der Waals surface area contributed by atoms with Crippen molar-refractivity contribution in [2.24, 2.45) is 0 Å². The number of fused-ring (bicyclic) bond motifs is 1. The second kappa shape index (κ2) is 6.41. The Kier molecular flexibility index (Phi) is 4.80. The van der Waals surface area contributed by atoms with Gasteiger partial charge in [-0.15, -0.1) is 0 Å². The van der Waals surface area contributed by atoms with Crippen molar-refractivity contribution in [3.05, 3.63) is 23.3 Å². The summed E-state index contributed by atoms with van der Waals surface area (Å²) in [4.78, 5) is 23.0. The number of aryl methyl sites for hydroxylation is 1. The van der Waals surface area contributed by atoms with Gasteiger partial charge in [0.05, 0.1) is 0 Å². The van der Waals surface area contributed by atoms with Gasteiger partial charge in [0.25, 0.3) is 0 Å². The molecule has 5 nitrogen and oxygen atoms in total. The molecule has 0 saturated heterocycles. The lowest BCUT2D eigenvalue weighted by Crippen LogP contribution is -2.38. The molecule has 1 aliphatic heterocycles. The van der Waals surface area contributed by atoms with Crippen LogP contribution in [0.4, 0.5) is 4.79 Å². The maximum atomic E-state index is 12.2. The highest BCUT2D eigenvalue weighted by Crippen LogP contribution is 2.16. The molecule has 1 aromatic rings. The molecule has 0 unspecified atom stereocenters. The number of aromatic nitrogens is 2. The summed E-state index contributed by atoms with van der Waals surface area (Å²) in [7, 11) is 0. The number of carbonyl (C=O) groups is 1. The van der Waals surface area contributed by atoms with Crippen LogP contribution in [0.3, 0.4) is 0 Å². The molecule has 0 radical (unpaired) electrons. The molecule has 0 aliphatic carbocycles. The van der Waals surface area contributed by atoms with Gasteiger partial charge in [-0.3, -0.25) is 0 Å². The molecule has 2 heterocycles. The van der Waals surface area contributed by atoms with Crippen LogP contribution in [0, 0.1) is 0 Å². The lowest BCUT2D eigenvalue weighted by molar-refractivity contribution is 0.0258. The van der Waals surface area contributed by atoms with E-state index in [1.54, 1.807) is 4.90 Å². The van der Waals surface area contributed by atoms with Crippen LogP contribution in [0.1, 0.15) is 51.2 Å². The lowest BCUT2D eigenvalue weighted by atomic mass is 10.1. The first-order valence-electron chi connectivity index (χ1n) is 7.70. The van der Waals surface area contributed by atoms with Gasteiger partial charge in [0.15, 0.2) is 0 Å². The number of hydrogen-bond acceptors (Lipinski definition) is 4. The molecule has 21 heavy (non-hydrogen) atoms. The van der Waals surface area contributed by atoms with Crippen molar-refractivity contribution in [1.29, 1.82) is 0 Å². The summed E-state index contributed by atoms with van der Waals surface area (Å²) in [5, 5.41) is 0. The average Bonchev–Trinajstić information content (AvgIpc) is 2.59. The first-order valence-corrected chi connectivity index (χ1v) is 7.70. The molecule has 1 aliphatic rings. The van der Waals surface area contributed by atoms with Crippen LogP contribution in [0.25, 0.3) is 0 Å². The lowest BCUT2D eigenvalue weighted by Gasteiger charge is -2.26. The molecule has 0 fully saturated rings. The van der Waals surface area contributed by atoms with Crippen molar-refractivity contribution in [3.63, 3.8) is 0 Å². The van der Waals surface area contributed by atoms with Gasteiger partial charge in [-0.05, 0) is 39.2 Å². The number of carbonyl (C=O) groups excluding carboxylic acids is 1. The van der Waals surface area contributed by atoms with Crippen LogP contribution in [-0.4, -0.2) is 39.7 Å². The Morgan fingerprint density at radius 3 is 2.71 bits per heavy atom. The Hall–Kier alpha value is -1.65. The van der Waals surface area contributed by atoms with Gasteiger partial charge >= 0.3 is 6.09 Å². The van der Waals surface area contributed by atoms with Crippen molar-refractivity contribution in [1.82, 2.24) is 14.9 Å². The molecule has 0 aromatic carbocycles. The summed E-state index contributed by atoms with van der Waals surface area (Å²) >= 11 is 0. The van der Waals surface area contributed by atoms with Gasteiger partial charge in [-0.2, -0.15) is 0 Å². The van der Waals surface area contributed by atoms with Crippen LogP contribution in [0.2, 0.25) is 0 Å². The molecule has 0 spiro atoms. The van der Waals surface area contributed by atoms with E-state index in [0.717, 1.165) is 42.8 Å². The van der Waals surface area contributed by atoms with Crippen LogP contribution in [0.15, 0.2) is 6.20 Å². The molecule has 116 valence electrons. The van der Waals surface area contributed by atoms with Crippen molar-refractivity contribution in [2.45, 2.75) is 59.0 Å². The van der Waals surface area contributed by atoms with Gasteiger partial charge in [-0.1, -0.05) is 6.92 Å². The highest BCUT2D eigenvalue weighted by molar-refractivity contribution is 5.68. The molecular weight excluding hydrogens is 266 g/mol. The van der Waals surface area contributed by atoms with E-state index in [1.807, 2.05) is 27.0 Å². The van der Waals surface area contributed by atoms with Crippen molar-refractivity contribution in [2.75, 3.05) is 13.1 Å². The standard InChI is InChI=1S/C16H25N3O2/c1-5-6-14-17-11-12-7-9-19(10-8-13(12)18-14)15(20)21-16(2,3)4/h11H,5-10H2,1-4H3. The van der Waals surface area contributed by atoms with E-state index in [0.29, 0.717) is 13.1 Å². The Bertz CT molecular complexity index is 509. The molecule has 0 N–H and O–H groups in total. The fraction of sp³-hybridized carbons (Fsp3) is 0.688. The Morgan fingerprint density at radius 2 is 2.05 bits per heavy atom. The summed E-state index contributed by atoms with van der Waals surface area (Å²) in [5.41, 5.74) is 1.78. The zero-order chi connectivity index (χ0) is 15.5. The maximum Gasteiger partial charge on any atom is 0.410 e. The van der Waals surface area contributed by atoms with Gasteiger partial charge in [0, 0.05) is 37.8 Å². The predicted molar refractivity (Wildman–Crippen MR) is 81.2 cm³/mol. The zero-order valence-corrected chi connectivity index (χ0v) is 13.5. The maximum absolute atomic E-state index is 12.2. The third kappa shape index (κ3) is 4.41. The van der Waals surface area contributed by atoms with Crippen LogP contribution in [-0.2, 0) is 24.0 Å². The fourth-order valence-corrected chi connectivity index (χ4v) is 2.37. The van der Waals surface area contributed by atoms with Crippen LogP contribution >= 0.6 is 0 Å². The largest absolute Gasteiger partial charge is 0.444 e. The van der Waals surface area contributed by atoms with Crippen LogP contribution in [0.5, 0.6) is 0 Å². The zero-order valence-electron chi connectivity index (χ0n) is 13.5. The summed E-state index contributed by atoms with van der Waals surface area (Å²) in [6.45, 7) is 9.11. The molecule has 2 rings (SSSR count). The normalized spacial score (nSPS) is 15.3. The van der Waals surface area contributed by atoms with Crippen LogP contribution < -0.4 is 0 Å². The smallest absolute Gasteiger partial charge is 0.410 e. The summed E-state index contributed by atoms with van der Waals surface area (Å²) in [6.07, 6.45) is 5.20. The number of hydrogen-bond donors (Lipinski definition) is 0. The van der Waals surface area contributed by atoms with Gasteiger partial charge in [-0.25, -0.2) is 14.8 Å². The molecular formula is C16H25N3O2. The second-order valence-corrected chi connectivity index (χ2v) is 6.48. The minimum absolute atomic E-state index is 0.239. The summed E-state index contributed by atoms with van der Waals surface area (Å²) in [5.74, 6) is 0.905. The summed E-state index contributed by atoms with van der Waals surface area (Å²) in [6, 6.07) is 0. The number of amides is 1. The molecule has 0 saturated carbocycles. The number of rotatable bonds is 2. The second-order valence-electron chi connectivity index (χ2n) is 6.48. The minimum atomic E-state index is -0.454. The monoisotopic (exact) mass is 291 g/mol. The Balaban J connectivity index is 2.04. The third-order valence-corrected chi connectivity index (χ3v) is 3.40. The van der Waals surface area contributed by atoms with Gasteiger partial charge < -0.3 is 9.64 Å². The number of nitrogens with zero attached hydrogens (tertiary/aromatic N) is 3. The van der Waals surface area contributed by atoms with Gasteiger partial charge in [0.1, 0.15) is 11.4 Å². The van der Waals surface area contributed by atoms with Gasteiger partial charge in [0.2, 0.25) is 0 Å². The highest BCUT2D eigenvalue weighted by Gasteiger charge is 2.24. The quantitative estimate of drug-likeness (QED) is 0.840. The van der Waals surface area contributed by atoms with Crippen molar-refractivity contribution in [3.8, 4) is 0 Å². The highest BCUT2D eigenvalue weighted by atomic mass is 16.6. The Morgan fingerprint density at radius 1 is 1.33 bits per heavy atom. The van der Waals surface area contributed by atoms with Crippen molar-refractivity contribution < 1.29 is 9.53 Å². The van der Waals surface area contributed by atoms with E-state index in [4.69, 9.17) is 4.74 Å². The number of ether oxygens (including phenoxy) is 1. The third-order valence-electron chi connectivity index (χ3n) is 3.40. The fourth-order valence-electron chi connectivity index (χ4n) is 2.37. The van der Waals surface area contributed by atoms with E-state index in [9.17, 15) is 4.79 Å². The molecule has 1 amide bonds. The van der Waals surface area contributed by atoms with E-state index in [2.05, 4.69) is 16.9 Å². The Labute approximate surface area is 126 Å². The first-order chi connectivity index (χ1) is 9.89. The topological polar surface area (TPSA) is 55.3 Å². The molecule has 0 atom stereocenters. The minimum Gasteiger partial charge on any atom is -0.444 e. The van der Waals surface area contributed by atoms with Crippen molar-refractivity contribution >= 4 is 6.09 Å². The molecule has 1 aromatic heterocycles. The molecule has 0 bridgehead atoms. The SMILES string of the molecule is CCCc1ncc2c(n1)CCN(C(=O)OC(C)(C)C)CC2.